The average Bonchev–Trinajstić information content (AvgIpc) is 3.73. The second-order valence-corrected chi connectivity index (χ2v) is 13.6. The first-order valence-electron chi connectivity index (χ1n) is 16.7. The molecule has 2 atom stereocenters. The van der Waals surface area contributed by atoms with Gasteiger partial charge in [-0.1, -0.05) is 30.8 Å². The van der Waals surface area contributed by atoms with Crippen LogP contribution in [0.1, 0.15) is 61.6 Å². The van der Waals surface area contributed by atoms with Crippen molar-refractivity contribution in [1.82, 2.24) is 14.8 Å². The van der Waals surface area contributed by atoms with Crippen molar-refractivity contribution in [2.24, 2.45) is 0 Å². The molecule has 2 aromatic carbocycles. The SMILES string of the molecule is C=CC(=O)N1CC[C@@H]2[C@H]1CN2c1c(CC#N)c(OCC23CCCN2CCC3)nc2c(F)c(-c3cccc4c3CCCC4)ccc12. The van der Waals surface area contributed by atoms with Gasteiger partial charge in [0.1, 0.15) is 12.1 Å². The van der Waals surface area contributed by atoms with Crippen LogP contribution in [-0.4, -0.2) is 71.1 Å². The zero-order valence-corrected chi connectivity index (χ0v) is 25.9. The lowest BCUT2D eigenvalue weighted by Gasteiger charge is -2.49. The summed E-state index contributed by atoms with van der Waals surface area (Å²) in [5, 5.41) is 10.7. The largest absolute Gasteiger partial charge is 0.475 e. The summed E-state index contributed by atoms with van der Waals surface area (Å²) in [6, 6.07) is 12.7. The Bertz CT molecular complexity index is 1740. The summed E-state index contributed by atoms with van der Waals surface area (Å²) in [4.78, 5) is 24.2. The monoisotopic (exact) mass is 605 g/mol. The van der Waals surface area contributed by atoms with Crippen molar-refractivity contribution in [3.8, 4) is 23.1 Å². The number of rotatable bonds is 7. The lowest BCUT2D eigenvalue weighted by Crippen LogP contribution is -2.63. The first-order valence-corrected chi connectivity index (χ1v) is 16.7. The Balaban J connectivity index is 1.26. The molecule has 7 nitrogen and oxygen atoms in total. The van der Waals surface area contributed by atoms with Gasteiger partial charge in [-0.15, -0.1) is 0 Å². The van der Waals surface area contributed by atoms with E-state index in [9.17, 15) is 10.1 Å². The molecule has 8 rings (SSSR count). The summed E-state index contributed by atoms with van der Waals surface area (Å²) in [7, 11) is 0. The maximum absolute atomic E-state index is 17.0. The van der Waals surface area contributed by atoms with Gasteiger partial charge in [0.2, 0.25) is 11.8 Å². The predicted molar refractivity (Wildman–Crippen MR) is 173 cm³/mol. The number of aromatic nitrogens is 1. The molecule has 0 N–H and O–H groups in total. The Hall–Kier alpha value is -3.96. The van der Waals surface area contributed by atoms with E-state index in [0.717, 1.165) is 87.7 Å². The van der Waals surface area contributed by atoms with Gasteiger partial charge in [0.15, 0.2) is 5.82 Å². The number of pyridine rings is 1. The minimum atomic E-state index is -0.338. The van der Waals surface area contributed by atoms with Crippen LogP contribution in [0.5, 0.6) is 5.88 Å². The minimum absolute atomic E-state index is 0.0109. The molecule has 1 aliphatic carbocycles. The van der Waals surface area contributed by atoms with E-state index in [4.69, 9.17) is 9.72 Å². The van der Waals surface area contributed by atoms with Gasteiger partial charge in [0.25, 0.3) is 0 Å². The summed E-state index contributed by atoms with van der Waals surface area (Å²) >= 11 is 0. The minimum Gasteiger partial charge on any atom is -0.475 e. The molecule has 1 amide bonds. The molecule has 0 spiro atoms. The lowest BCUT2D eigenvalue weighted by atomic mass is 9.85. The van der Waals surface area contributed by atoms with E-state index in [1.807, 2.05) is 29.2 Å². The Morgan fingerprint density at radius 1 is 1.09 bits per heavy atom. The van der Waals surface area contributed by atoms with Crippen molar-refractivity contribution < 1.29 is 13.9 Å². The molecule has 8 heteroatoms. The first kappa shape index (κ1) is 28.5. The van der Waals surface area contributed by atoms with Crippen LogP contribution in [0.25, 0.3) is 22.0 Å². The third-order valence-corrected chi connectivity index (χ3v) is 11.4. The number of aryl methyl sites for hydroxylation is 1. The maximum atomic E-state index is 17.0. The van der Waals surface area contributed by atoms with Gasteiger partial charge < -0.3 is 14.5 Å². The average molecular weight is 606 g/mol. The highest BCUT2D eigenvalue weighted by Gasteiger charge is 2.50. The molecule has 0 unspecified atom stereocenters. The number of amides is 1. The highest BCUT2D eigenvalue weighted by Crippen LogP contribution is 2.47. The molecule has 3 aromatic rings. The van der Waals surface area contributed by atoms with Crippen LogP contribution < -0.4 is 9.64 Å². The van der Waals surface area contributed by atoms with Gasteiger partial charge >= 0.3 is 0 Å². The third-order valence-electron chi connectivity index (χ3n) is 11.4. The number of fused-ring (bicyclic) bond motifs is 4. The lowest BCUT2D eigenvalue weighted by molar-refractivity contribution is -0.127. The molecule has 4 aliphatic heterocycles. The van der Waals surface area contributed by atoms with Gasteiger partial charge in [-0.05, 0) is 99.7 Å². The fourth-order valence-electron chi connectivity index (χ4n) is 9.16. The van der Waals surface area contributed by atoms with Crippen molar-refractivity contribution in [1.29, 1.82) is 5.26 Å². The van der Waals surface area contributed by atoms with Crippen molar-refractivity contribution in [2.75, 3.05) is 37.7 Å². The van der Waals surface area contributed by atoms with Crippen LogP contribution in [0.3, 0.4) is 0 Å². The van der Waals surface area contributed by atoms with Crippen molar-refractivity contribution in [3.63, 3.8) is 0 Å². The van der Waals surface area contributed by atoms with E-state index in [2.05, 4.69) is 28.5 Å². The van der Waals surface area contributed by atoms with Crippen LogP contribution in [0.4, 0.5) is 10.1 Å². The molecule has 232 valence electrons. The van der Waals surface area contributed by atoms with Gasteiger partial charge in [-0.2, -0.15) is 5.26 Å². The number of hydrogen-bond acceptors (Lipinski definition) is 6. The zero-order valence-electron chi connectivity index (χ0n) is 25.9. The second-order valence-electron chi connectivity index (χ2n) is 13.6. The van der Waals surface area contributed by atoms with Crippen LogP contribution in [0, 0.1) is 17.1 Å². The van der Waals surface area contributed by atoms with Gasteiger partial charge in [0, 0.05) is 24.0 Å². The fourth-order valence-corrected chi connectivity index (χ4v) is 9.16. The standard InChI is InChI=1S/C37H40FN5O2/c1-2-32(44)42-21-15-30-31(42)22-43(30)35-28-13-12-27(26-11-5-9-24-8-3-4-10-25(24)26)33(38)34(28)40-36(29(35)14-18-39)45-23-37-16-6-19-41(37)20-7-17-37/h2,5,9,11-13,30-31H,1,3-4,6-8,10,14-17,19-23H2/t30-,31-/m1/s1. The molecular weight excluding hydrogens is 565 g/mol. The predicted octanol–water partition coefficient (Wildman–Crippen LogP) is 5.97. The number of carbonyl (C=O) groups excluding carboxylic acids is 1. The number of hydrogen-bond donors (Lipinski definition) is 0. The summed E-state index contributed by atoms with van der Waals surface area (Å²) in [6.07, 6.45) is 11.0. The molecule has 4 fully saturated rings. The van der Waals surface area contributed by atoms with E-state index in [-0.39, 0.29) is 35.8 Å². The third kappa shape index (κ3) is 4.46. The van der Waals surface area contributed by atoms with Gasteiger partial charge in [-0.3, -0.25) is 9.69 Å². The Labute approximate surface area is 264 Å². The van der Waals surface area contributed by atoms with E-state index < -0.39 is 0 Å². The summed E-state index contributed by atoms with van der Waals surface area (Å²) in [6.45, 7) is 7.63. The van der Waals surface area contributed by atoms with E-state index in [1.54, 1.807) is 0 Å². The fraction of sp³-hybridized carbons (Fsp3) is 0.486. The number of nitrogens with zero attached hydrogens (tertiary/aromatic N) is 5. The smallest absolute Gasteiger partial charge is 0.246 e. The Morgan fingerprint density at radius 3 is 2.71 bits per heavy atom. The summed E-state index contributed by atoms with van der Waals surface area (Å²) in [5.74, 6) is -0.0184. The molecule has 0 radical (unpaired) electrons. The molecule has 1 aromatic heterocycles. The van der Waals surface area contributed by atoms with Crippen molar-refractivity contribution in [2.45, 2.75) is 81.8 Å². The van der Waals surface area contributed by atoms with Gasteiger partial charge in [0.05, 0.1) is 41.4 Å². The number of likely N-dealkylation sites (tertiary alicyclic amines) is 1. The number of ether oxygens (including phenoxy) is 1. The van der Waals surface area contributed by atoms with Crippen molar-refractivity contribution >= 4 is 22.5 Å². The normalized spacial score (nSPS) is 23.3. The first-order chi connectivity index (χ1) is 22.0. The maximum Gasteiger partial charge on any atom is 0.246 e. The number of anilines is 1. The van der Waals surface area contributed by atoms with E-state index in [0.29, 0.717) is 42.0 Å². The molecule has 4 saturated heterocycles. The summed E-state index contributed by atoms with van der Waals surface area (Å²) in [5.41, 5.74) is 5.90. The van der Waals surface area contributed by atoms with E-state index >= 15 is 4.39 Å². The topological polar surface area (TPSA) is 72.7 Å². The van der Waals surface area contributed by atoms with Crippen molar-refractivity contribution in [3.05, 3.63) is 65.5 Å². The van der Waals surface area contributed by atoms with Crippen LogP contribution in [-0.2, 0) is 24.1 Å². The Morgan fingerprint density at radius 2 is 1.91 bits per heavy atom. The number of carbonyl (C=O) groups is 1. The highest BCUT2D eigenvalue weighted by molar-refractivity contribution is 5.98. The molecular formula is C37H40FN5O2. The molecule has 5 aliphatic rings. The second kappa shape index (κ2) is 11.1. The summed E-state index contributed by atoms with van der Waals surface area (Å²) < 4.78 is 23.6. The van der Waals surface area contributed by atoms with Gasteiger partial charge in [-0.25, -0.2) is 9.37 Å². The van der Waals surface area contributed by atoms with Crippen LogP contribution >= 0.6 is 0 Å². The van der Waals surface area contributed by atoms with Crippen LogP contribution in [0.15, 0.2) is 43.0 Å². The zero-order chi connectivity index (χ0) is 30.7. The number of halogens is 1. The highest BCUT2D eigenvalue weighted by atomic mass is 19.1. The molecule has 45 heavy (non-hydrogen) atoms. The number of nitriles is 1. The number of benzene rings is 2. The van der Waals surface area contributed by atoms with E-state index in [1.165, 1.54) is 17.2 Å². The molecule has 0 bridgehead atoms. The molecule has 5 heterocycles. The van der Waals surface area contributed by atoms with Crippen LogP contribution in [0.2, 0.25) is 0 Å². The molecule has 0 saturated carbocycles. The quantitative estimate of drug-likeness (QED) is 0.309. The Kier molecular flexibility index (Phi) is 7.05.